The number of aliphatic imine (C=N–C) groups is 1. The maximum Gasteiger partial charge on any atom is 0.193 e. The molecule has 0 bridgehead atoms. The molecule has 1 aliphatic heterocycles. The Balaban J connectivity index is 1.38. The molecule has 0 spiro atoms. The summed E-state index contributed by atoms with van der Waals surface area (Å²) >= 11 is 0. The van der Waals surface area contributed by atoms with Crippen LogP contribution in [0.15, 0.2) is 65.7 Å². The summed E-state index contributed by atoms with van der Waals surface area (Å²) in [5, 5.41) is 3.38. The molecular weight excluding hydrogens is 368 g/mol. The first kappa shape index (κ1) is 20.6. The molecule has 2 aromatic rings. The highest BCUT2D eigenvalue weighted by Gasteiger charge is 2.19. The highest BCUT2D eigenvalue weighted by molar-refractivity contribution is 7.84. The summed E-state index contributed by atoms with van der Waals surface area (Å²) in [6.07, 6.45) is 0. The van der Waals surface area contributed by atoms with Crippen LogP contribution in [-0.2, 0) is 23.1 Å². The monoisotopic (exact) mass is 398 g/mol. The van der Waals surface area contributed by atoms with Crippen molar-refractivity contribution in [2.75, 3.05) is 45.5 Å². The minimum atomic E-state index is -0.867. The van der Waals surface area contributed by atoms with E-state index < -0.39 is 10.8 Å². The van der Waals surface area contributed by atoms with Crippen LogP contribution in [-0.4, -0.2) is 65.5 Å². The largest absolute Gasteiger partial charge is 0.355 e. The molecule has 1 saturated heterocycles. The van der Waals surface area contributed by atoms with Gasteiger partial charge in [0.15, 0.2) is 5.96 Å². The predicted octanol–water partition coefficient (Wildman–Crippen LogP) is 2.33. The van der Waals surface area contributed by atoms with Crippen LogP contribution < -0.4 is 5.32 Å². The first-order valence-corrected chi connectivity index (χ1v) is 11.3. The Hall–Kier alpha value is -2.18. The molecule has 1 fully saturated rings. The highest BCUT2D eigenvalue weighted by atomic mass is 32.2. The average Bonchev–Trinajstić information content (AvgIpc) is 2.73. The number of rotatable bonds is 7. The second kappa shape index (κ2) is 11.0. The third-order valence-electron chi connectivity index (χ3n) is 4.92. The predicted molar refractivity (Wildman–Crippen MR) is 118 cm³/mol. The first-order valence-electron chi connectivity index (χ1n) is 9.85. The van der Waals surface area contributed by atoms with E-state index >= 15 is 0 Å². The lowest BCUT2D eigenvalue weighted by Crippen LogP contribution is -2.52. The Labute approximate surface area is 170 Å². The van der Waals surface area contributed by atoms with Gasteiger partial charge >= 0.3 is 0 Å². The summed E-state index contributed by atoms with van der Waals surface area (Å²) < 4.78 is 12.3. The van der Waals surface area contributed by atoms with E-state index in [9.17, 15) is 4.21 Å². The van der Waals surface area contributed by atoms with Crippen molar-refractivity contribution in [2.45, 2.75) is 12.3 Å². The quantitative estimate of drug-likeness (QED) is 0.574. The molecule has 0 aliphatic carbocycles. The molecule has 0 aromatic heterocycles. The molecule has 1 atom stereocenters. The van der Waals surface area contributed by atoms with E-state index in [0.29, 0.717) is 18.1 Å². The van der Waals surface area contributed by atoms with Crippen LogP contribution in [0.4, 0.5) is 0 Å². The fraction of sp³-hybridized carbons (Fsp3) is 0.409. The van der Waals surface area contributed by atoms with Gasteiger partial charge in [-0.15, -0.1) is 0 Å². The van der Waals surface area contributed by atoms with Gasteiger partial charge in [-0.05, 0) is 11.1 Å². The third-order valence-corrected chi connectivity index (χ3v) is 6.23. The van der Waals surface area contributed by atoms with Crippen LogP contribution >= 0.6 is 0 Å². The molecule has 1 aliphatic rings. The normalized spacial score (nSPS) is 16.8. The summed E-state index contributed by atoms with van der Waals surface area (Å²) in [7, 11) is 0.952. The van der Waals surface area contributed by atoms with Crippen LogP contribution in [0.25, 0.3) is 0 Å². The zero-order chi connectivity index (χ0) is 19.6. The Bertz CT molecular complexity index is 759. The average molecular weight is 399 g/mol. The topological polar surface area (TPSA) is 47.9 Å². The van der Waals surface area contributed by atoms with Crippen molar-refractivity contribution in [1.29, 1.82) is 0 Å². The van der Waals surface area contributed by atoms with E-state index in [2.05, 4.69) is 50.4 Å². The second-order valence-corrected chi connectivity index (χ2v) is 8.57. The Kier molecular flexibility index (Phi) is 8.06. The molecule has 28 heavy (non-hydrogen) atoms. The molecule has 1 heterocycles. The SMILES string of the molecule is CN=C(NCCS(=O)Cc1ccccc1)N1CCN(Cc2ccccc2)CC1. The van der Waals surface area contributed by atoms with Gasteiger partial charge < -0.3 is 10.2 Å². The van der Waals surface area contributed by atoms with E-state index in [1.807, 2.05) is 37.4 Å². The van der Waals surface area contributed by atoms with Crippen molar-refractivity contribution in [2.24, 2.45) is 4.99 Å². The van der Waals surface area contributed by atoms with E-state index in [4.69, 9.17) is 0 Å². The molecule has 1 N–H and O–H groups in total. The van der Waals surface area contributed by atoms with Crippen LogP contribution in [0.1, 0.15) is 11.1 Å². The molecule has 0 amide bonds. The Morgan fingerprint density at radius 2 is 1.57 bits per heavy atom. The minimum absolute atomic E-state index is 0.610. The lowest BCUT2D eigenvalue weighted by Gasteiger charge is -2.36. The zero-order valence-electron chi connectivity index (χ0n) is 16.6. The van der Waals surface area contributed by atoms with Crippen molar-refractivity contribution < 1.29 is 4.21 Å². The van der Waals surface area contributed by atoms with Gasteiger partial charge in [0.05, 0.1) is 0 Å². The zero-order valence-corrected chi connectivity index (χ0v) is 17.4. The van der Waals surface area contributed by atoms with Crippen molar-refractivity contribution in [1.82, 2.24) is 15.1 Å². The van der Waals surface area contributed by atoms with Gasteiger partial charge in [-0.1, -0.05) is 60.7 Å². The number of nitrogens with one attached hydrogen (secondary N) is 1. The molecule has 3 rings (SSSR count). The maximum absolute atomic E-state index is 12.3. The van der Waals surface area contributed by atoms with E-state index in [1.165, 1.54) is 5.56 Å². The second-order valence-electron chi connectivity index (χ2n) is 7.00. The Morgan fingerprint density at radius 3 is 2.18 bits per heavy atom. The first-order chi connectivity index (χ1) is 13.7. The fourth-order valence-corrected chi connectivity index (χ4v) is 4.44. The Morgan fingerprint density at radius 1 is 0.964 bits per heavy atom. The summed E-state index contributed by atoms with van der Waals surface area (Å²) in [5.41, 5.74) is 2.49. The molecule has 5 nitrogen and oxygen atoms in total. The van der Waals surface area contributed by atoms with Gasteiger partial charge in [-0.2, -0.15) is 0 Å². The van der Waals surface area contributed by atoms with E-state index in [1.54, 1.807) is 0 Å². The fourth-order valence-electron chi connectivity index (χ4n) is 3.40. The third kappa shape index (κ3) is 6.46. The van der Waals surface area contributed by atoms with E-state index in [-0.39, 0.29) is 0 Å². The highest BCUT2D eigenvalue weighted by Crippen LogP contribution is 2.08. The molecule has 6 heteroatoms. The molecule has 2 aromatic carbocycles. The number of hydrogen-bond acceptors (Lipinski definition) is 3. The standard InChI is InChI=1S/C22H30N4OS/c1-23-22(24-12-17-28(27)19-21-10-6-3-7-11-21)26-15-13-25(14-16-26)18-20-8-4-2-5-9-20/h2-11H,12-19H2,1H3,(H,23,24). The van der Waals surface area contributed by atoms with Crippen LogP contribution in [0, 0.1) is 0 Å². The maximum atomic E-state index is 12.3. The van der Waals surface area contributed by atoms with Crippen LogP contribution in [0.2, 0.25) is 0 Å². The number of nitrogens with zero attached hydrogens (tertiary/aromatic N) is 3. The number of hydrogen-bond donors (Lipinski definition) is 1. The van der Waals surface area contributed by atoms with E-state index in [0.717, 1.165) is 44.2 Å². The van der Waals surface area contributed by atoms with Crippen molar-refractivity contribution in [3.63, 3.8) is 0 Å². The van der Waals surface area contributed by atoms with Gasteiger partial charge in [0.25, 0.3) is 0 Å². The number of guanidine groups is 1. The summed E-state index contributed by atoms with van der Waals surface area (Å²) in [6, 6.07) is 20.6. The summed E-state index contributed by atoms with van der Waals surface area (Å²) in [4.78, 5) is 9.19. The van der Waals surface area contributed by atoms with Crippen molar-refractivity contribution >= 4 is 16.8 Å². The molecule has 0 radical (unpaired) electrons. The van der Waals surface area contributed by atoms with Crippen LogP contribution in [0.5, 0.6) is 0 Å². The van der Waals surface area contributed by atoms with Gasteiger partial charge in [0.2, 0.25) is 0 Å². The number of piperazine rings is 1. The molecule has 0 saturated carbocycles. The van der Waals surface area contributed by atoms with Gasteiger partial charge in [0.1, 0.15) is 0 Å². The minimum Gasteiger partial charge on any atom is -0.355 e. The van der Waals surface area contributed by atoms with Crippen molar-refractivity contribution in [3.05, 3.63) is 71.8 Å². The number of benzene rings is 2. The molecule has 150 valence electrons. The van der Waals surface area contributed by atoms with Gasteiger partial charge in [-0.25, -0.2) is 0 Å². The summed E-state index contributed by atoms with van der Waals surface area (Å²) in [6.45, 7) is 5.64. The lowest BCUT2D eigenvalue weighted by atomic mass is 10.2. The van der Waals surface area contributed by atoms with Gasteiger partial charge in [0, 0.05) is 68.6 Å². The lowest BCUT2D eigenvalue weighted by molar-refractivity contribution is 0.172. The smallest absolute Gasteiger partial charge is 0.193 e. The molecule has 1 unspecified atom stereocenters. The van der Waals surface area contributed by atoms with Gasteiger partial charge in [-0.3, -0.25) is 14.1 Å². The van der Waals surface area contributed by atoms with Crippen molar-refractivity contribution in [3.8, 4) is 0 Å². The van der Waals surface area contributed by atoms with Crippen LogP contribution in [0.3, 0.4) is 0 Å². The molecular formula is C22H30N4OS. The summed E-state index contributed by atoms with van der Waals surface area (Å²) in [5.74, 6) is 2.15.